The van der Waals surface area contributed by atoms with Crippen molar-refractivity contribution in [3.8, 4) is 0 Å². The van der Waals surface area contributed by atoms with Gasteiger partial charge in [-0.2, -0.15) is 0 Å². The third kappa shape index (κ3) is 1.10. The van der Waals surface area contributed by atoms with Crippen LogP contribution >= 0.6 is 0 Å². The second-order valence-electron chi connectivity index (χ2n) is 4.36. The first-order chi connectivity index (χ1) is 5.37. The monoisotopic (exact) mass is 154 g/mol. The van der Waals surface area contributed by atoms with E-state index in [2.05, 4.69) is 0 Å². The fourth-order valence-electron chi connectivity index (χ4n) is 2.80. The highest BCUT2D eigenvalue weighted by atomic mass is 16.3. The van der Waals surface area contributed by atoms with E-state index in [0.29, 0.717) is 12.0 Å². The molecule has 0 radical (unpaired) electrons. The van der Waals surface area contributed by atoms with Crippen LogP contribution in [0, 0.1) is 11.3 Å². The van der Waals surface area contributed by atoms with Crippen LogP contribution in [-0.4, -0.2) is 11.7 Å². The van der Waals surface area contributed by atoms with E-state index in [0.717, 1.165) is 5.92 Å². The first-order valence-corrected chi connectivity index (χ1v) is 4.98. The van der Waals surface area contributed by atoms with Gasteiger partial charge in [-0.25, -0.2) is 0 Å². The summed E-state index contributed by atoms with van der Waals surface area (Å²) in [5.41, 5.74) is 0.387. The molecule has 0 aromatic heterocycles. The van der Waals surface area contributed by atoms with Gasteiger partial charge < -0.3 is 5.11 Å². The Morgan fingerprint density at radius 1 is 1.09 bits per heavy atom. The number of rotatable bonds is 2. The summed E-state index contributed by atoms with van der Waals surface area (Å²) in [6.45, 7) is 0.456. The van der Waals surface area contributed by atoms with Crippen LogP contribution in [0.3, 0.4) is 0 Å². The molecule has 2 rings (SSSR count). The lowest BCUT2D eigenvalue weighted by Gasteiger charge is -2.41. The highest BCUT2D eigenvalue weighted by Crippen LogP contribution is 2.51. The van der Waals surface area contributed by atoms with Crippen molar-refractivity contribution in [3.05, 3.63) is 0 Å². The maximum absolute atomic E-state index is 9.35. The third-order valence-electron chi connectivity index (χ3n) is 3.89. The maximum Gasteiger partial charge on any atom is 0.0490 e. The van der Waals surface area contributed by atoms with Crippen molar-refractivity contribution in [1.82, 2.24) is 0 Å². The molecule has 0 aromatic rings. The molecule has 0 bridgehead atoms. The summed E-state index contributed by atoms with van der Waals surface area (Å²) in [4.78, 5) is 0. The molecule has 0 aliphatic heterocycles. The van der Waals surface area contributed by atoms with Crippen molar-refractivity contribution in [1.29, 1.82) is 0 Å². The van der Waals surface area contributed by atoms with Crippen molar-refractivity contribution >= 4 is 0 Å². The van der Waals surface area contributed by atoms with Crippen molar-refractivity contribution in [2.45, 2.75) is 44.9 Å². The molecule has 2 aliphatic carbocycles. The molecule has 2 aliphatic rings. The van der Waals surface area contributed by atoms with Crippen LogP contribution in [0.1, 0.15) is 44.9 Å². The lowest BCUT2D eigenvalue weighted by atomic mass is 9.65. The van der Waals surface area contributed by atoms with Crippen LogP contribution in [0.15, 0.2) is 0 Å². The fraction of sp³-hybridized carbons (Fsp3) is 1.00. The van der Waals surface area contributed by atoms with Crippen LogP contribution in [-0.2, 0) is 0 Å². The quantitative estimate of drug-likeness (QED) is 0.647. The Morgan fingerprint density at radius 2 is 1.73 bits per heavy atom. The van der Waals surface area contributed by atoms with Gasteiger partial charge in [-0.1, -0.05) is 19.3 Å². The van der Waals surface area contributed by atoms with Crippen LogP contribution in [0.2, 0.25) is 0 Å². The van der Waals surface area contributed by atoms with Gasteiger partial charge in [0.25, 0.3) is 0 Å². The Kier molecular flexibility index (Phi) is 1.92. The van der Waals surface area contributed by atoms with Gasteiger partial charge in [0.15, 0.2) is 0 Å². The number of aliphatic hydroxyl groups excluding tert-OH is 1. The SMILES string of the molecule is OCC1(C2CCC2)CCCC1. The Balaban J connectivity index is 2.02. The summed E-state index contributed by atoms with van der Waals surface area (Å²) in [5.74, 6) is 0.884. The van der Waals surface area contributed by atoms with Gasteiger partial charge in [-0.05, 0) is 37.0 Å². The van der Waals surface area contributed by atoms with Gasteiger partial charge in [0.1, 0.15) is 0 Å². The highest BCUT2D eigenvalue weighted by Gasteiger charge is 2.42. The summed E-state index contributed by atoms with van der Waals surface area (Å²) in [6.07, 6.45) is 9.50. The Hall–Kier alpha value is -0.0400. The molecule has 2 fully saturated rings. The molecule has 2 saturated carbocycles. The summed E-state index contributed by atoms with van der Waals surface area (Å²) in [7, 11) is 0. The van der Waals surface area contributed by atoms with Crippen molar-refractivity contribution < 1.29 is 5.11 Å². The smallest absolute Gasteiger partial charge is 0.0490 e. The summed E-state index contributed by atoms with van der Waals surface area (Å²) in [6, 6.07) is 0. The average molecular weight is 154 g/mol. The molecular formula is C10H18O. The molecule has 64 valence electrons. The minimum Gasteiger partial charge on any atom is -0.396 e. The average Bonchev–Trinajstić information content (AvgIpc) is 2.34. The Bertz CT molecular complexity index is 132. The zero-order valence-electron chi connectivity index (χ0n) is 7.18. The third-order valence-corrected chi connectivity index (χ3v) is 3.89. The van der Waals surface area contributed by atoms with Gasteiger partial charge in [0, 0.05) is 6.61 Å². The molecule has 1 heteroatoms. The van der Waals surface area contributed by atoms with E-state index in [-0.39, 0.29) is 0 Å². The van der Waals surface area contributed by atoms with E-state index in [9.17, 15) is 5.11 Å². The minimum atomic E-state index is 0.387. The van der Waals surface area contributed by atoms with Gasteiger partial charge in [0.05, 0.1) is 0 Å². The second-order valence-corrected chi connectivity index (χ2v) is 4.36. The van der Waals surface area contributed by atoms with E-state index in [1.807, 2.05) is 0 Å². The first kappa shape index (κ1) is 7.60. The number of hydrogen-bond acceptors (Lipinski definition) is 1. The first-order valence-electron chi connectivity index (χ1n) is 4.98. The van der Waals surface area contributed by atoms with Gasteiger partial charge in [0.2, 0.25) is 0 Å². The van der Waals surface area contributed by atoms with Crippen molar-refractivity contribution in [2.75, 3.05) is 6.61 Å². The highest BCUT2D eigenvalue weighted by molar-refractivity contribution is 4.93. The molecule has 11 heavy (non-hydrogen) atoms. The van der Waals surface area contributed by atoms with Gasteiger partial charge >= 0.3 is 0 Å². The zero-order chi connectivity index (χ0) is 7.73. The Labute approximate surface area is 68.8 Å². The summed E-state index contributed by atoms with van der Waals surface area (Å²) < 4.78 is 0. The van der Waals surface area contributed by atoms with Crippen molar-refractivity contribution in [2.24, 2.45) is 11.3 Å². The zero-order valence-corrected chi connectivity index (χ0v) is 7.18. The lowest BCUT2D eigenvalue weighted by molar-refractivity contribution is 0.0241. The summed E-state index contributed by atoms with van der Waals surface area (Å²) >= 11 is 0. The second kappa shape index (κ2) is 2.78. The van der Waals surface area contributed by atoms with E-state index < -0.39 is 0 Å². The largest absolute Gasteiger partial charge is 0.396 e. The predicted molar refractivity (Wildman–Crippen MR) is 45.3 cm³/mol. The van der Waals surface area contributed by atoms with Crippen molar-refractivity contribution in [3.63, 3.8) is 0 Å². The molecule has 1 nitrogen and oxygen atoms in total. The number of aliphatic hydroxyl groups is 1. The maximum atomic E-state index is 9.35. The standard InChI is InChI=1S/C10H18O/c11-8-10(6-1-2-7-10)9-4-3-5-9/h9,11H,1-8H2. The summed E-state index contributed by atoms with van der Waals surface area (Å²) in [5, 5.41) is 9.35. The molecule has 0 saturated heterocycles. The molecule has 1 N–H and O–H groups in total. The molecule has 0 unspecified atom stereocenters. The normalized spacial score (nSPS) is 30.3. The molecule has 0 aromatic carbocycles. The van der Waals surface area contributed by atoms with Gasteiger partial charge in [-0.3, -0.25) is 0 Å². The predicted octanol–water partition coefficient (Wildman–Crippen LogP) is 2.34. The molecule has 0 amide bonds. The molecule has 0 heterocycles. The minimum absolute atomic E-state index is 0.387. The van der Waals surface area contributed by atoms with Gasteiger partial charge in [-0.15, -0.1) is 0 Å². The molecule has 0 atom stereocenters. The molecular weight excluding hydrogens is 136 g/mol. The molecule has 0 spiro atoms. The van der Waals surface area contributed by atoms with Crippen LogP contribution in [0.4, 0.5) is 0 Å². The van der Waals surface area contributed by atoms with Crippen LogP contribution < -0.4 is 0 Å². The number of hydrogen-bond donors (Lipinski definition) is 1. The van der Waals surface area contributed by atoms with E-state index in [4.69, 9.17) is 0 Å². The van der Waals surface area contributed by atoms with E-state index in [1.165, 1.54) is 44.9 Å². The van der Waals surface area contributed by atoms with Crippen LogP contribution in [0.25, 0.3) is 0 Å². The van der Waals surface area contributed by atoms with E-state index in [1.54, 1.807) is 0 Å². The lowest BCUT2D eigenvalue weighted by Crippen LogP contribution is -2.35. The topological polar surface area (TPSA) is 20.2 Å². The van der Waals surface area contributed by atoms with Crippen LogP contribution in [0.5, 0.6) is 0 Å². The fourth-order valence-corrected chi connectivity index (χ4v) is 2.80. The Morgan fingerprint density at radius 3 is 2.09 bits per heavy atom. The van der Waals surface area contributed by atoms with E-state index >= 15 is 0 Å².